The largest absolute Gasteiger partial charge is 0.464 e. The number of nitrogens with two attached hydrogens (primary N) is 1. The number of aliphatic imine (C=N–C) groups is 1. The van der Waals surface area contributed by atoms with Gasteiger partial charge in [0.05, 0.1) is 29.3 Å². The topological polar surface area (TPSA) is 221 Å². The number of rotatable bonds is 12. The SMILES string of the molecule is CCC(=O)NCC(=NC(N)=O)N(C(=O)O)N1CCC[C@](NS(=O)(=O)c2ccc3ccccc3c2)(C2CC2)[C@@H]1CCNS(C)(=O)=O. The lowest BCUT2D eigenvalue weighted by Crippen LogP contribution is -2.71. The molecule has 17 heteroatoms. The highest BCUT2D eigenvalue weighted by molar-refractivity contribution is 7.89. The number of benzene rings is 2. The van der Waals surface area contributed by atoms with Gasteiger partial charge >= 0.3 is 12.1 Å². The van der Waals surface area contributed by atoms with Crippen LogP contribution in [0.15, 0.2) is 52.4 Å². The molecule has 2 aromatic rings. The van der Waals surface area contributed by atoms with Crippen molar-refractivity contribution >= 4 is 54.7 Å². The third-order valence-corrected chi connectivity index (χ3v) is 10.3. The second-order valence-electron chi connectivity index (χ2n) is 11.3. The Kier molecular flexibility index (Phi) is 10.5. The number of hydrogen-bond donors (Lipinski definition) is 5. The highest BCUT2D eigenvalue weighted by atomic mass is 32.2. The second-order valence-corrected chi connectivity index (χ2v) is 14.8. The van der Waals surface area contributed by atoms with Gasteiger partial charge in [-0.05, 0) is 60.9 Å². The van der Waals surface area contributed by atoms with E-state index in [1.54, 1.807) is 31.2 Å². The van der Waals surface area contributed by atoms with Gasteiger partial charge in [-0.1, -0.05) is 37.3 Å². The number of amides is 4. The van der Waals surface area contributed by atoms with Crippen molar-refractivity contribution in [2.24, 2.45) is 16.6 Å². The van der Waals surface area contributed by atoms with E-state index in [2.05, 4.69) is 19.8 Å². The van der Waals surface area contributed by atoms with Gasteiger partial charge < -0.3 is 16.2 Å². The molecule has 1 saturated carbocycles. The maximum Gasteiger partial charge on any atom is 0.427 e. The molecular weight excluding hydrogens is 626 g/mol. The summed E-state index contributed by atoms with van der Waals surface area (Å²) in [5.41, 5.74) is 4.09. The summed E-state index contributed by atoms with van der Waals surface area (Å²) in [4.78, 5) is 40.5. The highest BCUT2D eigenvalue weighted by Crippen LogP contribution is 2.49. The van der Waals surface area contributed by atoms with Gasteiger partial charge in [0.25, 0.3) is 0 Å². The van der Waals surface area contributed by atoms with Crippen LogP contribution in [0.3, 0.4) is 0 Å². The van der Waals surface area contributed by atoms with Crippen LogP contribution in [0, 0.1) is 5.92 Å². The molecule has 1 saturated heterocycles. The zero-order valence-electron chi connectivity index (χ0n) is 25.1. The Bertz CT molecular complexity index is 1700. The number of carbonyl (C=O) groups is 3. The molecule has 1 aliphatic heterocycles. The van der Waals surface area contributed by atoms with Crippen LogP contribution in [0.5, 0.6) is 0 Å². The Balaban J connectivity index is 1.80. The van der Waals surface area contributed by atoms with Gasteiger partial charge in [-0.2, -0.15) is 10.0 Å². The van der Waals surface area contributed by atoms with Crippen molar-refractivity contribution in [1.29, 1.82) is 0 Å². The first-order valence-electron chi connectivity index (χ1n) is 14.6. The molecule has 6 N–H and O–H groups in total. The molecule has 2 aromatic carbocycles. The Hall–Kier alpha value is -3.64. The zero-order valence-corrected chi connectivity index (χ0v) is 26.7. The van der Waals surface area contributed by atoms with Crippen molar-refractivity contribution in [3.05, 3.63) is 42.5 Å². The van der Waals surface area contributed by atoms with Crippen LogP contribution < -0.4 is 20.5 Å². The number of amidine groups is 1. The molecule has 4 rings (SSSR count). The third-order valence-electron chi connectivity index (χ3n) is 8.06. The molecule has 4 amide bonds. The number of nitrogens with zero attached hydrogens (tertiary/aromatic N) is 3. The molecule has 45 heavy (non-hydrogen) atoms. The van der Waals surface area contributed by atoms with Crippen molar-refractivity contribution in [2.75, 3.05) is 25.9 Å². The molecular formula is C28H39N7O8S2. The van der Waals surface area contributed by atoms with Crippen LogP contribution >= 0.6 is 0 Å². The van der Waals surface area contributed by atoms with Gasteiger partial charge in [0.2, 0.25) is 26.0 Å². The lowest BCUT2D eigenvalue weighted by atomic mass is 9.77. The fraction of sp³-hybridized carbons (Fsp3) is 0.500. The molecule has 0 aromatic heterocycles. The van der Waals surface area contributed by atoms with Gasteiger partial charge in [0, 0.05) is 19.5 Å². The van der Waals surface area contributed by atoms with Gasteiger partial charge in [0.15, 0.2) is 5.84 Å². The minimum Gasteiger partial charge on any atom is -0.464 e. The van der Waals surface area contributed by atoms with E-state index < -0.39 is 56.2 Å². The standard InChI is InChI=1S/C28H39N7O8S2/c1-3-25(36)30-18-24(32-26(29)37)35(27(38)39)34-16-6-14-28(21-10-11-21,23(34)13-15-31-44(2,40)41)33-45(42,43)22-12-9-19-7-4-5-8-20(19)17-22/h4-5,7-9,12,17,21,23,31,33H,3,6,10-11,13-16,18H2,1-2H3,(H2,29,37)(H,30,36)(H,38,39)/t23-,28-/m0/s1. The first-order chi connectivity index (χ1) is 21.2. The van der Waals surface area contributed by atoms with E-state index in [1.807, 2.05) is 12.1 Å². The predicted molar refractivity (Wildman–Crippen MR) is 167 cm³/mol. The number of carbonyl (C=O) groups excluding carboxylic acids is 2. The number of hydrazine groups is 1. The number of sulfonamides is 2. The molecule has 0 bridgehead atoms. The van der Waals surface area contributed by atoms with E-state index in [0.29, 0.717) is 30.7 Å². The Labute approximate surface area is 262 Å². The summed E-state index contributed by atoms with van der Waals surface area (Å²) in [5, 5.41) is 16.6. The van der Waals surface area contributed by atoms with Gasteiger partial charge in [-0.3, -0.25) is 4.79 Å². The zero-order chi connectivity index (χ0) is 33.0. The molecule has 1 heterocycles. The molecule has 2 aliphatic rings. The summed E-state index contributed by atoms with van der Waals surface area (Å²) in [6.45, 7) is 1.11. The van der Waals surface area contributed by atoms with Crippen molar-refractivity contribution in [3.8, 4) is 0 Å². The summed E-state index contributed by atoms with van der Waals surface area (Å²) in [6, 6.07) is 9.98. The number of piperidine rings is 1. The number of primary amides is 1. The third kappa shape index (κ3) is 8.35. The van der Waals surface area contributed by atoms with Gasteiger partial charge in [-0.25, -0.2) is 40.9 Å². The van der Waals surface area contributed by atoms with Crippen LogP contribution in [0.25, 0.3) is 10.8 Å². The molecule has 246 valence electrons. The molecule has 0 unspecified atom stereocenters. The molecule has 1 aliphatic carbocycles. The number of urea groups is 1. The minimum absolute atomic E-state index is 0.00123. The van der Waals surface area contributed by atoms with Crippen molar-refractivity contribution in [2.45, 2.75) is 61.9 Å². The Morgan fingerprint density at radius 2 is 1.80 bits per heavy atom. The summed E-state index contributed by atoms with van der Waals surface area (Å²) >= 11 is 0. The number of nitrogens with one attached hydrogen (secondary N) is 3. The number of fused-ring (bicyclic) bond motifs is 1. The van der Waals surface area contributed by atoms with E-state index in [1.165, 1.54) is 11.1 Å². The predicted octanol–water partition coefficient (Wildman–Crippen LogP) is 1.57. The van der Waals surface area contributed by atoms with Gasteiger partial charge in [0.1, 0.15) is 0 Å². The average molecular weight is 666 g/mol. The maximum atomic E-state index is 14.1. The number of carboxylic acid groups (broad SMARTS) is 1. The van der Waals surface area contributed by atoms with E-state index >= 15 is 0 Å². The molecule has 0 radical (unpaired) electrons. The second kappa shape index (κ2) is 13.8. The summed E-state index contributed by atoms with van der Waals surface area (Å²) in [6.07, 6.45) is 1.53. The van der Waals surface area contributed by atoms with E-state index in [0.717, 1.165) is 17.0 Å². The quantitative estimate of drug-likeness (QED) is 0.164. The molecule has 2 fully saturated rings. The molecule has 0 spiro atoms. The summed E-state index contributed by atoms with van der Waals surface area (Å²) in [5.74, 6) is -1.01. The smallest absolute Gasteiger partial charge is 0.427 e. The Morgan fingerprint density at radius 3 is 2.40 bits per heavy atom. The van der Waals surface area contributed by atoms with Crippen LogP contribution in [0.4, 0.5) is 9.59 Å². The fourth-order valence-corrected chi connectivity index (χ4v) is 8.07. The monoisotopic (exact) mass is 665 g/mol. The number of hydrogen-bond acceptors (Lipinski definition) is 8. The Morgan fingerprint density at radius 1 is 1.11 bits per heavy atom. The maximum absolute atomic E-state index is 14.1. The lowest BCUT2D eigenvalue weighted by Gasteiger charge is -2.53. The normalized spacial score (nSPS) is 21.4. The van der Waals surface area contributed by atoms with E-state index in [9.17, 15) is 36.3 Å². The van der Waals surface area contributed by atoms with Gasteiger partial charge in [-0.15, -0.1) is 0 Å². The lowest BCUT2D eigenvalue weighted by molar-refractivity contribution is -0.120. The van der Waals surface area contributed by atoms with Crippen molar-refractivity contribution in [1.82, 2.24) is 24.8 Å². The summed E-state index contributed by atoms with van der Waals surface area (Å²) in [7, 11) is -7.82. The molecule has 2 atom stereocenters. The van der Waals surface area contributed by atoms with E-state index in [4.69, 9.17) is 5.73 Å². The molecule has 15 nitrogen and oxygen atoms in total. The average Bonchev–Trinajstić information content (AvgIpc) is 3.82. The van der Waals surface area contributed by atoms with Crippen LogP contribution in [0.2, 0.25) is 0 Å². The minimum atomic E-state index is -4.18. The highest BCUT2D eigenvalue weighted by Gasteiger charge is 2.57. The summed E-state index contributed by atoms with van der Waals surface area (Å²) < 4.78 is 57.4. The van der Waals surface area contributed by atoms with Crippen molar-refractivity contribution in [3.63, 3.8) is 0 Å². The first kappa shape index (κ1) is 34.2. The van der Waals surface area contributed by atoms with E-state index in [-0.39, 0.29) is 42.6 Å². The fourth-order valence-electron chi connectivity index (χ4n) is 6.03. The van der Waals surface area contributed by atoms with Crippen LogP contribution in [-0.4, -0.2) is 93.3 Å². The first-order valence-corrected chi connectivity index (χ1v) is 17.9. The van der Waals surface area contributed by atoms with Crippen LogP contribution in [-0.2, 0) is 24.8 Å². The van der Waals surface area contributed by atoms with Crippen LogP contribution in [0.1, 0.15) is 45.4 Å². The van der Waals surface area contributed by atoms with Crippen molar-refractivity contribution < 1.29 is 36.3 Å².